The fourth-order valence-electron chi connectivity index (χ4n) is 3.71. The highest BCUT2D eigenvalue weighted by Gasteiger charge is 2.32. The highest BCUT2D eigenvalue weighted by Crippen LogP contribution is 2.30. The summed E-state index contributed by atoms with van der Waals surface area (Å²) < 4.78 is 44.0. The van der Waals surface area contributed by atoms with Gasteiger partial charge in [-0.25, -0.2) is 4.79 Å². The van der Waals surface area contributed by atoms with E-state index < -0.39 is 60.2 Å². The largest absolute Gasteiger partial charge is 0.445 e. The van der Waals surface area contributed by atoms with Crippen LogP contribution in [-0.4, -0.2) is 47.4 Å². The van der Waals surface area contributed by atoms with Crippen molar-refractivity contribution < 1.29 is 42.2 Å². The molecule has 3 amide bonds. The molecule has 2 aromatic rings. The van der Waals surface area contributed by atoms with E-state index in [1.165, 1.54) is 6.07 Å². The van der Waals surface area contributed by atoms with Crippen molar-refractivity contribution in [2.45, 2.75) is 64.6 Å². The Morgan fingerprint density at radius 3 is 2.23 bits per heavy atom. The molecular weight excluding hydrogens is 531 g/mol. The van der Waals surface area contributed by atoms with Gasteiger partial charge in [0, 0.05) is 6.54 Å². The van der Waals surface area contributed by atoms with Gasteiger partial charge in [-0.2, -0.15) is 13.2 Å². The fraction of sp³-hybridized carbons (Fsp3) is 0.429. The minimum atomic E-state index is -4.61. The molecule has 2 aromatic carbocycles. The predicted octanol–water partition coefficient (Wildman–Crippen LogP) is 3.66. The number of alkyl halides is 3. The van der Waals surface area contributed by atoms with Gasteiger partial charge in [0.05, 0.1) is 17.7 Å². The molecule has 0 aliphatic carbocycles. The molecule has 12 heteroatoms. The number of alkyl carbamates (subject to hydrolysis) is 1. The molecule has 0 saturated carbocycles. The highest BCUT2D eigenvalue weighted by atomic mass is 19.4. The molecule has 0 fully saturated rings. The molecule has 9 nitrogen and oxygen atoms in total. The van der Waals surface area contributed by atoms with Gasteiger partial charge in [0.25, 0.3) is 5.91 Å². The van der Waals surface area contributed by atoms with Crippen LogP contribution in [-0.2, 0) is 31.9 Å². The van der Waals surface area contributed by atoms with Gasteiger partial charge in [0.15, 0.2) is 0 Å². The number of aliphatic hydroxyl groups is 1. The van der Waals surface area contributed by atoms with E-state index in [-0.39, 0.29) is 30.9 Å². The zero-order valence-corrected chi connectivity index (χ0v) is 22.5. The second kappa shape index (κ2) is 15.0. The van der Waals surface area contributed by atoms with Gasteiger partial charge in [-0.3, -0.25) is 14.4 Å². The monoisotopic (exact) mass is 565 g/mol. The minimum absolute atomic E-state index is 0.00865. The van der Waals surface area contributed by atoms with Gasteiger partial charge in [-0.05, 0) is 42.0 Å². The van der Waals surface area contributed by atoms with E-state index in [0.717, 1.165) is 23.8 Å². The lowest BCUT2D eigenvalue weighted by Crippen LogP contribution is -2.54. The summed E-state index contributed by atoms with van der Waals surface area (Å²) in [5.74, 6) is -2.85. The Morgan fingerprint density at radius 1 is 0.950 bits per heavy atom. The molecule has 0 aromatic heterocycles. The summed E-state index contributed by atoms with van der Waals surface area (Å²) in [7, 11) is 0. The second-order valence-electron chi connectivity index (χ2n) is 9.57. The molecule has 0 radical (unpaired) electrons. The standard InChI is InChI=1S/C28H34F3N3O6/c1-4-21(24(36)26(38)32-15-23(35)19-11-8-12-20(14-19)28(29,30)31)33-25(37)22(13-17(2)3)34-27(39)40-16-18-9-6-5-7-10-18/h5-12,14,17,21-23,35H,4,13,15-16H2,1-3H3,(H,32,38)(H,33,37)(H,34,39)/t21?,22-,23?/m0/s1. The number of ether oxygens (including phenoxy) is 1. The number of hydrogen-bond donors (Lipinski definition) is 4. The number of benzene rings is 2. The summed E-state index contributed by atoms with van der Waals surface area (Å²) in [6, 6.07) is 10.6. The van der Waals surface area contributed by atoms with E-state index >= 15 is 0 Å². The van der Waals surface area contributed by atoms with Crippen molar-refractivity contribution in [3.8, 4) is 0 Å². The maximum atomic E-state index is 13.0. The van der Waals surface area contributed by atoms with E-state index in [4.69, 9.17) is 4.74 Å². The van der Waals surface area contributed by atoms with Crippen LogP contribution >= 0.6 is 0 Å². The second-order valence-corrected chi connectivity index (χ2v) is 9.57. The van der Waals surface area contributed by atoms with Gasteiger partial charge in [0.2, 0.25) is 11.7 Å². The van der Waals surface area contributed by atoms with Gasteiger partial charge in [-0.15, -0.1) is 0 Å². The lowest BCUT2D eigenvalue weighted by atomic mass is 10.0. The molecule has 0 spiro atoms. The van der Waals surface area contributed by atoms with Crippen molar-refractivity contribution in [2.75, 3.05) is 6.54 Å². The van der Waals surface area contributed by atoms with E-state index in [9.17, 15) is 37.5 Å². The molecule has 0 saturated heterocycles. The zero-order chi connectivity index (χ0) is 29.9. The lowest BCUT2D eigenvalue weighted by Gasteiger charge is -2.23. The Bertz CT molecular complexity index is 1160. The van der Waals surface area contributed by atoms with Crippen molar-refractivity contribution in [1.29, 1.82) is 0 Å². The molecule has 0 aliphatic heterocycles. The van der Waals surface area contributed by atoms with Gasteiger partial charge < -0.3 is 25.8 Å². The number of nitrogens with one attached hydrogen (secondary N) is 3. The first kappa shape index (κ1) is 32.3. The van der Waals surface area contributed by atoms with Gasteiger partial charge in [-0.1, -0.05) is 63.2 Å². The third kappa shape index (κ3) is 10.3. The topological polar surface area (TPSA) is 134 Å². The first-order valence-electron chi connectivity index (χ1n) is 12.8. The van der Waals surface area contributed by atoms with Crippen LogP contribution in [0.1, 0.15) is 56.4 Å². The smallest absolute Gasteiger partial charge is 0.416 e. The molecule has 0 aliphatic rings. The summed E-state index contributed by atoms with van der Waals surface area (Å²) in [6.45, 7) is 4.70. The molecule has 3 atom stereocenters. The number of carbonyl (C=O) groups is 4. The Hall–Kier alpha value is -3.93. The average Bonchev–Trinajstić information content (AvgIpc) is 2.92. The van der Waals surface area contributed by atoms with Crippen molar-refractivity contribution in [1.82, 2.24) is 16.0 Å². The molecule has 218 valence electrons. The van der Waals surface area contributed by atoms with Crippen molar-refractivity contribution >= 4 is 23.7 Å². The number of halogens is 3. The number of amides is 3. The first-order chi connectivity index (χ1) is 18.8. The van der Waals surface area contributed by atoms with Crippen LogP contribution < -0.4 is 16.0 Å². The lowest BCUT2D eigenvalue weighted by molar-refractivity contribution is -0.140. The SMILES string of the molecule is CCC(NC(=O)[C@H](CC(C)C)NC(=O)OCc1ccccc1)C(=O)C(=O)NCC(O)c1cccc(C(F)(F)F)c1. The Balaban J connectivity index is 1.96. The van der Waals surface area contributed by atoms with Crippen LogP contribution in [0.4, 0.5) is 18.0 Å². The summed E-state index contributed by atoms with van der Waals surface area (Å²) in [5.41, 5.74) is -0.304. The Kier molecular flexibility index (Phi) is 12.1. The molecule has 4 N–H and O–H groups in total. The van der Waals surface area contributed by atoms with Crippen molar-refractivity contribution in [3.63, 3.8) is 0 Å². The molecule has 40 heavy (non-hydrogen) atoms. The molecular formula is C28H34F3N3O6. The number of Topliss-reactive ketones (excluding diaryl/α,β-unsaturated/α-hetero) is 1. The Morgan fingerprint density at radius 2 is 1.62 bits per heavy atom. The number of rotatable bonds is 13. The fourth-order valence-corrected chi connectivity index (χ4v) is 3.71. The van der Waals surface area contributed by atoms with E-state index in [0.29, 0.717) is 0 Å². The zero-order valence-electron chi connectivity index (χ0n) is 22.5. The number of ketones is 1. The molecule has 0 heterocycles. The van der Waals surface area contributed by atoms with Crippen LogP contribution in [0.5, 0.6) is 0 Å². The van der Waals surface area contributed by atoms with Gasteiger partial charge in [0.1, 0.15) is 12.6 Å². The number of carbonyl (C=O) groups excluding carboxylic acids is 4. The van der Waals surface area contributed by atoms with Gasteiger partial charge >= 0.3 is 12.3 Å². The summed E-state index contributed by atoms with van der Waals surface area (Å²) in [5, 5.41) is 17.4. The van der Waals surface area contributed by atoms with Crippen molar-refractivity contribution in [3.05, 3.63) is 71.3 Å². The van der Waals surface area contributed by atoms with Crippen molar-refractivity contribution in [2.24, 2.45) is 5.92 Å². The highest BCUT2D eigenvalue weighted by molar-refractivity contribution is 6.38. The number of aliphatic hydroxyl groups excluding tert-OH is 1. The number of hydrogen-bond acceptors (Lipinski definition) is 6. The van der Waals surface area contributed by atoms with Crippen LogP contribution in [0.25, 0.3) is 0 Å². The van der Waals surface area contributed by atoms with E-state index in [2.05, 4.69) is 16.0 Å². The Labute approximate surface area is 230 Å². The summed E-state index contributed by atoms with van der Waals surface area (Å²) >= 11 is 0. The maximum absolute atomic E-state index is 13.0. The third-order valence-corrected chi connectivity index (χ3v) is 5.85. The summed E-state index contributed by atoms with van der Waals surface area (Å²) in [4.78, 5) is 50.4. The summed E-state index contributed by atoms with van der Waals surface area (Å²) in [6.07, 6.45) is -6.67. The average molecular weight is 566 g/mol. The molecule has 2 rings (SSSR count). The maximum Gasteiger partial charge on any atom is 0.416 e. The third-order valence-electron chi connectivity index (χ3n) is 5.85. The van der Waals surface area contributed by atoms with Crippen LogP contribution in [0.3, 0.4) is 0 Å². The minimum Gasteiger partial charge on any atom is -0.445 e. The normalized spacial score (nSPS) is 13.6. The van der Waals surface area contributed by atoms with Crippen LogP contribution in [0.2, 0.25) is 0 Å². The molecule has 0 bridgehead atoms. The molecule has 2 unspecified atom stereocenters. The van der Waals surface area contributed by atoms with E-state index in [1.807, 2.05) is 19.9 Å². The van der Waals surface area contributed by atoms with Crippen LogP contribution in [0, 0.1) is 5.92 Å². The van der Waals surface area contributed by atoms with Crippen LogP contribution in [0.15, 0.2) is 54.6 Å². The first-order valence-corrected chi connectivity index (χ1v) is 12.8. The van der Waals surface area contributed by atoms with E-state index in [1.54, 1.807) is 31.2 Å². The predicted molar refractivity (Wildman–Crippen MR) is 140 cm³/mol. The quantitative estimate of drug-likeness (QED) is 0.274.